The average Bonchev–Trinajstić information content (AvgIpc) is 1.87. The molecule has 0 rings (SSSR count). The van der Waals surface area contributed by atoms with Gasteiger partial charge in [-0.3, -0.25) is 0 Å². The first-order valence-corrected chi connectivity index (χ1v) is 5.02. The lowest BCUT2D eigenvalue weighted by Gasteiger charge is -1.96. The molecule has 0 radical (unpaired) electrons. The van der Waals surface area contributed by atoms with Crippen molar-refractivity contribution in [1.29, 1.82) is 0 Å². The zero-order chi connectivity index (χ0) is 7.82. The van der Waals surface area contributed by atoms with E-state index in [2.05, 4.69) is 19.1 Å². The SMILES string of the molecule is CCCCCCSC(O)=S. The number of unbranched alkanes of at least 4 members (excludes halogenated alkanes) is 3. The maximum absolute atomic E-state index is 8.60. The van der Waals surface area contributed by atoms with E-state index >= 15 is 0 Å². The first kappa shape index (κ1) is 10.2. The number of thioether (sulfide) groups is 1. The minimum absolute atomic E-state index is 0.0801. The van der Waals surface area contributed by atoms with E-state index in [-0.39, 0.29) is 4.38 Å². The molecular formula is C7H14OS2. The summed E-state index contributed by atoms with van der Waals surface area (Å²) >= 11 is 5.86. The molecule has 0 saturated heterocycles. The molecular weight excluding hydrogens is 164 g/mol. The van der Waals surface area contributed by atoms with E-state index < -0.39 is 0 Å². The largest absolute Gasteiger partial charge is 0.494 e. The van der Waals surface area contributed by atoms with Gasteiger partial charge in [-0.2, -0.15) is 0 Å². The van der Waals surface area contributed by atoms with Crippen LogP contribution in [0.1, 0.15) is 32.6 Å². The summed E-state index contributed by atoms with van der Waals surface area (Å²) < 4.78 is 0.0801. The molecule has 0 spiro atoms. The van der Waals surface area contributed by atoms with Crippen LogP contribution in [0.15, 0.2) is 0 Å². The molecule has 0 fully saturated rings. The molecule has 0 atom stereocenters. The lowest BCUT2D eigenvalue weighted by atomic mass is 10.2. The van der Waals surface area contributed by atoms with Crippen LogP contribution in [0.3, 0.4) is 0 Å². The first-order chi connectivity index (χ1) is 4.77. The lowest BCUT2D eigenvalue weighted by Crippen LogP contribution is -1.86. The summed E-state index contributed by atoms with van der Waals surface area (Å²) in [5.74, 6) is 0.968. The third-order valence-electron chi connectivity index (χ3n) is 1.22. The normalized spacial score (nSPS) is 9.70. The first-order valence-electron chi connectivity index (χ1n) is 3.63. The van der Waals surface area contributed by atoms with Crippen LogP contribution in [0.25, 0.3) is 0 Å². The summed E-state index contributed by atoms with van der Waals surface area (Å²) in [5.41, 5.74) is 0. The molecule has 0 heterocycles. The predicted molar refractivity (Wildman–Crippen MR) is 51.8 cm³/mol. The van der Waals surface area contributed by atoms with E-state index in [4.69, 9.17) is 5.11 Å². The topological polar surface area (TPSA) is 20.2 Å². The van der Waals surface area contributed by atoms with E-state index in [0.717, 1.165) is 5.75 Å². The number of hydrogen-bond acceptors (Lipinski definition) is 2. The van der Waals surface area contributed by atoms with Gasteiger partial charge in [0.1, 0.15) is 0 Å². The third-order valence-corrected chi connectivity index (χ3v) is 2.32. The van der Waals surface area contributed by atoms with Crippen molar-refractivity contribution < 1.29 is 5.11 Å². The molecule has 0 aliphatic heterocycles. The number of aliphatic hydroxyl groups excluding tert-OH is 1. The van der Waals surface area contributed by atoms with Gasteiger partial charge in [0, 0.05) is 5.75 Å². The molecule has 0 saturated carbocycles. The van der Waals surface area contributed by atoms with Crippen molar-refractivity contribution in [3.8, 4) is 0 Å². The maximum atomic E-state index is 8.60. The van der Waals surface area contributed by atoms with Crippen molar-refractivity contribution in [3.05, 3.63) is 0 Å². The minimum Gasteiger partial charge on any atom is -0.494 e. The molecule has 0 aromatic carbocycles. The molecule has 3 heteroatoms. The van der Waals surface area contributed by atoms with Gasteiger partial charge in [-0.05, 0) is 18.6 Å². The fourth-order valence-corrected chi connectivity index (χ4v) is 1.46. The van der Waals surface area contributed by atoms with Crippen LogP contribution in [0.2, 0.25) is 0 Å². The highest BCUT2D eigenvalue weighted by Crippen LogP contribution is 2.07. The zero-order valence-corrected chi connectivity index (χ0v) is 7.93. The van der Waals surface area contributed by atoms with Crippen molar-refractivity contribution in [2.24, 2.45) is 0 Å². The Bertz CT molecular complexity index is 93.6. The van der Waals surface area contributed by atoms with Crippen molar-refractivity contribution in [1.82, 2.24) is 0 Å². The summed E-state index contributed by atoms with van der Waals surface area (Å²) in [6.07, 6.45) is 4.97. The third kappa shape index (κ3) is 8.24. The minimum atomic E-state index is 0.0801. The van der Waals surface area contributed by atoms with Crippen LogP contribution in [-0.4, -0.2) is 15.2 Å². The lowest BCUT2D eigenvalue weighted by molar-refractivity contribution is 0.585. The Hall–Kier alpha value is 0.240. The fraction of sp³-hybridized carbons (Fsp3) is 0.857. The second-order valence-corrected chi connectivity index (χ2v) is 3.90. The Morgan fingerprint density at radius 3 is 2.60 bits per heavy atom. The van der Waals surface area contributed by atoms with Crippen LogP contribution in [0.4, 0.5) is 0 Å². The van der Waals surface area contributed by atoms with Gasteiger partial charge in [0.2, 0.25) is 4.38 Å². The van der Waals surface area contributed by atoms with Crippen LogP contribution >= 0.6 is 24.0 Å². The van der Waals surface area contributed by atoms with Gasteiger partial charge in [-0.25, -0.2) is 0 Å². The molecule has 0 aliphatic carbocycles. The van der Waals surface area contributed by atoms with E-state index in [1.165, 1.54) is 37.4 Å². The van der Waals surface area contributed by atoms with Gasteiger partial charge in [-0.15, -0.1) is 0 Å². The smallest absolute Gasteiger partial charge is 0.217 e. The second kappa shape index (κ2) is 7.35. The standard InChI is InChI=1S/C7H14OS2/c1-2-3-4-5-6-10-7(8)9/h2-6H2,1H3,(H,8,9). The quantitative estimate of drug-likeness (QED) is 0.516. The highest BCUT2D eigenvalue weighted by molar-refractivity contribution is 8.22. The van der Waals surface area contributed by atoms with Gasteiger partial charge < -0.3 is 5.11 Å². The highest BCUT2D eigenvalue weighted by atomic mass is 32.2. The predicted octanol–water partition coefficient (Wildman–Crippen LogP) is 3.14. The Kier molecular flexibility index (Phi) is 7.52. The van der Waals surface area contributed by atoms with Crippen LogP contribution in [-0.2, 0) is 0 Å². The van der Waals surface area contributed by atoms with E-state index in [1.807, 2.05) is 0 Å². The molecule has 10 heavy (non-hydrogen) atoms. The van der Waals surface area contributed by atoms with Crippen molar-refractivity contribution in [2.45, 2.75) is 32.6 Å². The Morgan fingerprint density at radius 2 is 2.10 bits per heavy atom. The highest BCUT2D eigenvalue weighted by Gasteiger charge is 1.91. The van der Waals surface area contributed by atoms with Gasteiger partial charge in [0.15, 0.2) is 0 Å². The number of thiocarbonyl (C=S) groups is 1. The number of aliphatic hydroxyl groups is 1. The van der Waals surface area contributed by atoms with Gasteiger partial charge in [-0.1, -0.05) is 37.9 Å². The number of rotatable bonds is 5. The molecule has 0 aliphatic rings. The number of hydrogen-bond donors (Lipinski definition) is 1. The van der Waals surface area contributed by atoms with Crippen LogP contribution in [0, 0.1) is 0 Å². The molecule has 0 aromatic heterocycles. The van der Waals surface area contributed by atoms with Crippen LogP contribution < -0.4 is 0 Å². The Labute approximate surface area is 72.2 Å². The summed E-state index contributed by atoms with van der Waals surface area (Å²) in [5, 5.41) is 8.60. The van der Waals surface area contributed by atoms with Crippen molar-refractivity contribution >= 4 is 28.4 Å². The van der Waals surface area contributed by atoms with Gasteiger partial charge >= 0.3 is 0 Å². The average molecular weight is 178 g/mol. The Morgan fingerprint density at radius 1 is 1.40 bits per heavy atom. The maximum Gasteiger partial charge on any atom is 0.217 e. The second-order valence-electron chi connectivity index (χ2n) is 2.18. The van der Waals surface area contributed by atoms with E-state index in [9.17, 15) is 0 Å². The Balaban J connectivity index is 2.84. The summed E-state index contributed by atoms with van der Waals surface area (Å²) in [4.78, 5) is 0. The molecule has 60 valence electrons. The van der Waals surface area contributed by atoms with Crippen LogP contribution in [0.5, 0.6) is 0 Å². The van der Waals surface area contributed by atoms with E-state index in [0.29, 0.717) is 0 Å². The van der Waals surface area contributed by atoms with Crippen molar-refractivity contribution in [2.75, 3.05) is 5.75 Å². The molecule has 0 unspecified atom stereocenters. The van der Waals surface area contributed by atoms with Crippen molar-refractivity contribution in [3.63, 3.8) is 0 Å². The molecule has 0 aromatic rings. The molecule has 0 bridgehead atoms. The summed E-state index contributed by atoms with van der Waals surface area (Å²) in [7, 11) is 0. The monoisotopic (exact) mass is 178 g/mol. The van der Waals surface area contributed by atoms with Gasteiger partial charge in [0.25, 0.3) is 0 Å². The zero-order valence-electron chi connectivity index (χ0n) is 6.30. The molecule has 1 nitrogen and oxygen atoms in total. The summed E-state index contributed by atoms with van der Waals surface area (Å²) in [6.45, 7) is 2.18. The molecule has 0 amide bonds. The van der Waals surface area contributed by atoms with E-state index in [1.54, 1.807) is 0 Å². The summed E-state index contributed by atoms with van der Waals surface area (Å²) in [6, 6.07) is 0. The van der Waals surface area contributed by atoms with Gasteiger partial charge in [0.05, 0.1) is 0 Å². The fourth-order valence-electron chi connectivity index (χ4n) is 0.688. The molecule has 1 N–H and O–H groups in total.